The van der Waals surface area contributed by atoms with Crippen molar-refractivity contribution in [1.29, 1.82) is 0 Å². The van der Waals surface area contributed by atoms with Crippen LogP contribution in [0.25, 0.3) is 22.2 Å². The average molecular weight is 374 g/mol. The number of aromatic nitrogens is 2. The molecule has 0 spiro atoms. The number of anilines is 1. The van der Waals surface area contributed by atoms with Crippen LogP contribution in [0.5, 0.6) is 0 Å². The quantitative estimate of drug-likeness (QED) is 0.507. The lowest BCUT2D eigenvalue weighted by Gasteiger charge is -2.06. The number of benzene rings is 3. The normalized spacial score (nSPS) is 10.8. The van der Waals surface area contributed by atoms with Crippen molar-refractivity contribution in [2.24, 2.45) is 5.73 Å². The first-order valence-electron chi connectivity index (χ1n) is 8.46. The molecule has 0 radical (unpaired) electrons. The van der Waals surface area contributed by atoms with Crippen LogP contribution in [-0.2, 0) is 0 Å². The van der Waals surface area contributed by atoms with Crippen molar-refractivity contribution in [2.75, 3.05) is 5.32 Å². The van der Waals surface area contributed by atoms with Crippen molar-refractivity contribution >= 4 is 28.4 Å². The van der Waals surface area contributed by atoms with Gasteiger partial charge >= 0.3 is 0 Å². The maximum Gasteiger partial charge on any atom is 0.255 e. The van der Waals surface area contributed by atoms with Crippen molar-refractivity contribution in [3.05, 3.63) is 83.7 Å². The zero-order chi connectivity index (χ0) is 19.7. The van der Waals surface area contributed by atoms with E-state index in [-0.39, 0.29) is 11.7 Å². The van der Waals surface area contributed by atoms with Gasteiger partial charge in [0.2, 0.25) is 5.91 Å². The summed E-state index contributed by atoms with van der Waals surface area (Å²) >= 11 is 0. The van der Waals surface area contributed by atoms with Gasteiger partial charge in [0.05, 0.1) is 11.2 Å². The smallest absolute Gasteiger partial charge is 0.255 e. The summed E-state index contributed by atoms with van der Waals surface area (Å²) in [4.78, 5) is 23.6. The molecular formula is C21H15FN4O2. The Morgan fingerprint density at radius 3 is 2.29 bits per heavy atom. The van der Waals surface area contributed by atoms with Gasteiger partial charge in [-0.25, -0.2) is 4.39 Å². The molecule has 0 bridgehead atoms. The third kappa shape index (κ3) is 3.33. The SMILES string of the molecule is NC(=O)c1ccc(C(=O)Nc2ccc3[nH]nc(-c4ccc(F)cc4)c3c2)cc1. The van der Waals surface area contributed by atoms with E-state index in [2.05, 4.69) is 15.5 Å². The number of hydrogen-bond acceptors (Lipinski definition) is 3. The van der Waals surface area contributed by atoms with Crippen LogP contribution in [0.2, 0.25) is 0 Å². The number of halogens is 1. The molecule has 3 aromatic carbocycles. The number of nitrogens with zero attached hydrogens (tertiary/aromatic N) is 1. The number of carbonyl (C=O) groups is 2. The van der Waals surface area contributed by atoms with Gasteiger partial charge in [0.1, 0.15) is 5.82 Å². The molecule has 0 aliphatic heterocycles. The molecule has 0 unspecified atom stereocenters. The van der Waals surface area contributed by atoms with Crippen molar-refractivity contribution in [3.63, 3.8) is 0 Å². The Morgan fingerprint density at radius 1 is 0.929 bits per heavy atom. The minimum Gasteiger partial charge on any atom is -0.366 e. The number of rotatable bonds is 4. The Kier molecular flexibility index (Phi) is 4.33. The molecule has 4 rings (SSSR count). The van der Waals surface area contributed by atoms with Crippen LogP contribution in [0.15, 0.2) is 66.7 Å². The van der Waals surface area contributed by atoms with E-state index in [1.54, 1.807) is 30.3 Å². The monoisotopic (exact) mass is 374 g/mol. The predicted octanol–water partition coefficient (Wildman–Crippen LogP) is 3.72. The standard InChI is InChI=1S/C21H15FN4O2/c22-15-7-5-12(6-8-15)19-17-11-16(9-10-18(17)25-26-19)24-21(28)14-3-1-13(2-4-14)20(23)27/h1-11H,(H2,23,27)(H,24,28)(H,25,26). The average Bonchev–Trinajstić information content (AvgIpc) is 3.12. The first kappa shape index (κ1) is 17.4. The summed E-state index contributed by atoms with van der Waals surface area (Å²) < 4.78 is 13.2. The highest BCUT2D eigenvalue weighted by atomic mass is 19.1. The fraction of sp³-hybridized carbons (Fsp3) is 0. The van der Waals surface area contributed by atoms with Gasteiger partial charge in [-0.1, -0.05) is 0 Å². The molecule has 2 amide bonds. The molecule has 138 valence electrons. The second-order valence-electron chi connectivity index (χ2n) is 6.24. The van der Waals surface area contributed by atoms with Crippen LogP contribution in [0.1, 0.15) is 20.7 Å². The van der Waals surface area contributed by atoms with Gasteiger partial charge in [0, 0.05) is 27.8 Å². The third-order valence-corrected chi connectivity index (χ3v) is 4.37. The zero-order valence-corrected chi connectivity index (χ0v) is 14.6. The first-order valence-corrected chi connectivity index (χ1v) is 8.46. The second kappa shape index (κ2) is 6.96. The lowest BCUT2D eigenvalue weighted by atomic mass is 10.1. The van der Waals surface area contributed by atoms with Gasteiger partial charge in [-0.15, -0.1) is 0 Å². The van der Waals surface area contributed by atoms with Crippen LogP contribution in [0, 0.1) is 5.82 Å². The van der Waals surface area contributed by atoms with E-state index in [0.717, 1.165) is 16.5 Å². The lowest BCUT2D eigenvalue weighted by molar-refractivity contribution is 0.0995. The Hall–Kier alpha value is -4.00. The van der Waals surface area contributed by atoms with E-state index in [1.807, 2.05) is 0 Å². The number of aromatic amines is 1. The molecule has 6 nitrogen and oxygen atoms in total. The van der Waals surface area contributed by atoms with Gasteiger partial charge in [-0.2, -0.15) is 5.10 Å². The molecule has 1 heterocycles. The highest BCUT2D eigenvalue weighted by Gasteiger charge is 2.12. The topological polar surface area (TPSA) is 101 Å². The Morgan fingerprint density at radius 2 is 1.61 bits per heavy atom. The van der Waals surface area contributed by atoms with Crippen molar-refractivity contribution < 1.29 is 14.0 Å². The largest absolute Gasteiger partial charge is 0.366 e. The van der Waals surface area contributed by atoms with Gasteiger partial charge in [-0.3, -0.25) is 14.7 Å². The summed E-state index contributed by atoms with van der Waals surface area (Å²) in [5, 5.41) is 10.8. The highest BCUT2D eigenvalue weighted by molar-refractivity contribution is 6.06. The summed E-state index contributed by atoms with van der Waals surface area (Å²) in [7, 11) is 0. The van der Waals surface area contributed by atoms with E-state index in [9.17, 15) is 14.0 Å². The Bertz CT molecular complexity index is 1180. The minimum atomic E-state index is -0.550. The maximum absolute atomic E-state index is 13.2. The van der Waals surface area contributed by atoms with Crippen LogP contribution >= 0.6 is 0 Å². The molecule has 0 fully saturated rings. The minimum absolute atomic E-state index is 0.317. The first-order chi connectivity index (χ1) is 13.5. The number of amides is 2. The van der Waals surface area contributed by atoms with Crippen molar-refractivity contribution in [2.45, 2.75) is 0 Å². The van der Waals surface area contributed by atoms with E-state index in [0.29, 0.717) is 22.5 Å². The summed E-state index contributed by atoms with van der Waals surface area (Å²) in [6.45, 7) is 0. The van der Waals surface area contributed by atoms with Crippen molar-refractivity contribution in [3.8, 4) is 11.3 Å². The predicted molar refractivity (Wildman–Crippen MR) is 104 cm³/mol. The number of carbonyl (C=O) groups excluding carboxylic acids is 2. The summed E-state index contributed by atoms with van der Waals surface area (Å²) in [6, 6.07) is 17.5. The van der Waals surface area contributed by atoms with E-state index in [1.165, 1.54) is 36.4 Å². The van der Waals surface area contributed by atoms with Gasteiger partial charge in [0.25, 0.3) is 5.91 Å². The van der Waals surface area contributed by atoms with E-state index in [4.69, 9.17) is 5.73 Å². The van der Waals surface area contributed by atoms with Crippen LogP contribution in [0.4, 0.5) is 10.1 Å². The van der Waals surface area contributed by atoms with E-state index < -0.39 is 5.91 Å². The molecule has 4 aromatic rings. The molecule has 0 atom stereocenters. The summed E-state index contributed by atoms with van der Waals surface area (Å²) in [5.74, 6) is -1.19. The number of hydrogen-bond donors (Lipinski definition) is 3. The fourth-order valence-electron chi connectivity index (χ4n) is 2.91. The van der Waals surface area contributed by atoms with Crippen LogP contribution in [0.3, 0.4) is 0 Å². The number of primary amides is 1. The van der Waals surface area contributed by atoms with Gasteiger partial charge < -0.3 is 11.1 Å². The van der Waals surface area contributed by atoms with Crippen LogP contribution < -0.4 is 11.1 Å². The Labute approximate surface area is 159 Å². The maximum atomic E-state index is 13.2. The summed E-state index contributed by atoms with van der Waals surface area (Å²) in [6.07, 6.45) is 0. The molecule has 0 aliphatic rings. The second-order valence-corrected chi connectivity index (χ2v) is 6.24. The number of nitrogens with one attached hydrogen (secondary N) is 2. The fourth-order valence-corrected chi connectivity index (χ4v) is 2.91. The molecule has 4 N–H and O–H groups in total. The Balaban J connectivity index is 1.62. The van der Waals surface area contributed by atoms with Crippen LogP contribution in [-0.4, -0.2) is 22.0 Å². The number of fused-ring (bicyclic) bond motifs is 1. The molecule has 1 aromatic heterocycles. The molecule has 0 aliphatic carbocycles. The third-order valence-electron chi connectivity index (χ3n) is 4.37. The van der Waals surface area contributed by atoms with E-state index >= 15 is 0 Å². The van der Waals surface area contributed by atoms with Gasteiger partial charge in [-0.05, 0) is 66.7 Å². The molecular weight excluding hydrogens is 359 g/mol. The lowest BCUT2D eigenvalue weighted by Crippen LogP contribution is -2.14. The number of H-pyrrole nitrogens is 1. The van der Waals surface area contributed by atoms with Crippen molar-refractivity contribution in [1.82, 2.24) is 10.2 Å². The molecule has 28 heavy (non-hydrogen) atoms. The number of nitrogens with two attached hydrogens (primary N) is 1. The highest BCUT2D eigenvalue weighted by Crippen LogP contribution is 2.28. The zero-order valence-electron chi connectivity index (χ0n) is 14.6. The molecule has 0 saturated carbocycles. The summed E-state index contributed by atoms with van der Waals surface area (Å²) in [5.41, 5.74) is 8.75. The molecule has 7 heteroatoms. The van der Waals surface area contributed by atoms with Gasteiger partial charge in [0.15, 0.2) is 0 Å². The molecule has 0 saturated heterocycles.